The van der Waals surface area contributed by atoms with Crippen LogP contribution in [-0.4, -0.2) is 39.9 Å². The number of rotatable bonds is 28. The van der Waals surface area contributed by atoms with E-state index in [0.29, 0.717) is 31.4 Å². The van der Waals surface area contributed by atoms with Crippen molar-refractivity contribution in [2.45, 2.75) is 144 Å². The highest BCUT2D eigenvalue weighted by Gasteiger charge is 2.30. The summed E-state index contributed by atoms with van der Waals surface area (Å²) in [6, 6.07) is 10.3. The van der Waals surface area contributed by atoms with Crippen LogP contribution in [0.25, 0.3) is 0 Å². The number of ketones is 5. The van der Waals surface area contributed by atoms with Crippen molar-refractivity contribution in [1.82, 2.24) is 0 Å². The van der Waals surface area contributed by atoms with Crippen molar-refractivity contribution in [3.8, 4) is 0 Å². The number of Topliss-reactive ketones (excluding diaryl/α,β-unsaturated/α-hetero) is 5. The average Bonchev–Trinajstić information content (AvgIpc) is 3.15. The molecule has 0 spiro atoms. The molecule has 7 atom stereocenters. The Labute approximate surface area is 335 Å². The van der Waals surface area contributed by atoms with E-state index >= 15 is 0 Å². The van der Waals surface area contributed by atoms with Gasteiger partial charge in [0.2, 0.25) is 0 Å². The van der Waals surface area contributed by atoms with E-state index in [4.69, 9.17) is 0 Å². The van der Waals surface area contributed by atoms with Gasteiger partial charge in [0.05, 0.1) is 0 Å². The van der Waals surface area contributed by atoms with Crippen molar-refractivity contribution in [1.29, 1.82) is 0 Å². The minimum absolute atomic E-state index is 0.0134. The summed E-state index contributed by atoms with van der Waals surface area (Å²) in [4.78, 5) is 65.7. The number of benzene rings is 1. The maximum absolute atomic E-state index is 14.0. The summed E-state index contributed by atoms with van der Waals surface area (Å²) in [6.07, 6.45) is 21.1. The molecule has 2 rings (SSSR count). The summed E-state index contributed by atoms with van der Waals surface area (Å²) in [5, 5.41) is 0.0246. The Bertz CT molecular complexity index is 1470. The largest absolute Gasteiger partial charge is 0.300 e. The summed E-state index contributed by atoms with van der Waals surface area (Å²) in [7, 11) is 3.30. The van der Waals surface area contributed by atoms with Gasteiger partial charge in [0.25, 0.3) is 0 Å². The molecule has 0 bridgehead atoms. The second kappa shape index (κ2) is 26.2. The number of hydrogen-bond donors (Lipinski definition) is 0. The van der Waals surface area contributed by atoms with Crippen molar-refractivity contribution in [2.24, 2.45) is 29.6 Å². The van der Waals surface area contributed by atoms with E-state index in [1.807, 2.05) is 71.0 Å². The minimum atomic E-state index is -0.327. The van der Waals surface area contributed by atoms with Crippen LogP contribution in [0.2, 0.25) is 0 Å². The Morgan fingerprint density at radius 2 is 1.46 bits per heavy atom. The van der Waals surface area contributed by atoms with Gasteiger partial charge in [-0.05, 0) is 77.4 Å². The van der Waals surface area contributed by atoms with Gasteiger partial charge in [0.1, 0.15) is 28.9 Å². The molecule has 5 nitrogen and oxygen atoms in total. The zero-order valence-corrected chi connectivity index (χ0v) is 36.1. The molecule has 1 aliphatic rings. The highest BCUT2D eigenvalue weighted by atomic mass is 33.1. The number of unbranched alkanes of at least 4 members (excludes halogenated alkanes) is 2. The monoisotopic (exact) mass is 776 g/mol. The third-order valence-electron chi connectivity index (χ3n) is 10.8. The van der Waals surface area contributed by atoms with Gasteiger partial charge >= 0.3 is 0 Å². The molecule has 0 N–H and O–H groups in total. The van der Waals surface area contributed by atoms with Gasteiger partial charge in [-0.25, -0.2) is 0 Å². The van der Waals surface area contributed by atoms with Crippen LogP contribution < -0.4 is 0 Å². The fourth-order valence-corrected chi connectivity index (χ4v) is 10.3. The van der Waals surface area contributed by atoms with Crippen molar-refractivity contribution in [3.05, 3.63) is 83.5 Å². The lowest BCUT2D eigenvalue weighted by Gasteiger charge is -2.27. The van der Waals surface area contributed by atoms with Crippen LogP contribution in [0.1, 0.15) is 144 Å². The highest BCUT2D eigenvalue weighted by Crippen LogP contribution is 2.39. The van der Waals surface area contributed by atoms with Gasteiger partial charge in [-0.3, -0.25) is 24.0 Å². The molecule has 0 aliphatic heterocycles. The first-order valence-electron chi connectivity index (χ1n) is 20.4. The molecule has 298 valence electrons. The summed E-state index contributed by atoms with van der Waals surface area (Å²) < 4.78 is 0. The van der Waals surface area contributed by atoms with Gasteiger partial charge in [-0.15, -0.1) is 0 Å². The molecule has 7 heteroatoms. The average molecular weight is 777 g/mol. The van der Waals surface area contributed by atoms with E-state index in [1.54, 1.807) is 35.4 Å². The fourth-order valence-electron chi connectivity index (χ4n) is 7.13. The highest BCUT2D eigenvalue weighted by molar-refractivity contribution is 8.76. The zero-order chi connectivity index (χ0) is 40.0. The van der Waals surface area contributed by atoms with Crippen LogP contribution in [0.15, 0.2) is 77.9 Å². The van der Waals surface area contributed by atoms with Crippen LogP contribution in [0.5, 0.6) is 0 Å². The molecule has 1 aromatic rings. The van der Waals surface area contributed by atoms with Crippen molar-refractivity contribution >= 4 is 50.5 Å². The molecule has 0 heterocycles. The molecule has 0 saturated carbocycles. The Kier molecular flexibility index (Phi) is 22.9. The third kappa shape index (κ3) is 17.4. The maximum Gasteiger partial charge on any atom is 0.137 e. The van der Waals surface area contributed by atoms with Crippen LogP contribution >= 0.6 is 21.6 Å². The number of allylic oxidation sites excluding steroid dienone is 8. The lowest BCUT2D eigenvalue weighted by atomic mass is 9.77. The number of carbonyl (C=O) groups excluding carboxylic acids is 5. The first kappa shape index (κ1) is 47.4. The van der Waals surface area contributed by atoms with Crippen molar-refractivity contribution in [3.63, 3.8) is 0 Å². The topological polar surface area (TPSA) is 85.3 Å². The van der Waals surface area contributed by atoms with Crippen LogP contribution in [-0.2, 0) is 24.0 Å². The molecular weight excluding hydrogens is 709 g/mol. The molecule has 1 aliphatic carbocycles. The van der Waals surface area contributed by atoms with Gasteiger partial charge in [-0.1, -0.05) is 141 Å². The molecule has 0 aromatic heterocycles. The predicted octanol–water partition coefficient (Wildman–Crippen LogP) is 12.3. The Morgan fingerprint density at radius 1 is 0.796 bits per heavy atom. The van der Waals surface area contributed by atoms with Crippen molar-refractivity contribution in [2.75, 3.05) is 5.75 Å². The Balaban J connectivity index is 2.16. The molecule has 0 fully saturated rings. The van der Waals surface area contributed by atoms with E-state index < -0.39 is 0 Å². The van der Waals surface area contributed by atoms with E-state index in [2.05, 4.69) is 37.3 Å². The first-order valence-corrected chi connectivity index (χ1v) is 22.7. The standard InChI is InChI=1S/C47H68O5S2/c1-9-11-15-25-41(37(7)48)30-45(51)34(4)29-43(54-53-32-35(5)46(52)31-42(38(8)49)28-33(3)20-12-10-2)26-27-44(50)36(6)47(39-21-16-13-17-22-39)40-23-18-14-19-24-40/h10,12-13,16-18,20-24,34-36,41-43,47H,9,11,14-15,19,25-32H2,1-8H3/b12-10-,33-20+/t34?,35?,36?,41-,42-,43+,47-/m1/s1. The first-order chi connectivity index (χ1) is 25.8. The quantitative estimate of drug-likeness (QED) is 0.0476. The molecule has 0 radical (unpaired) electrons. The summed E-state index contributed by atoms with van der Waals surface area (Å²) in [5.41, 5.74) is 3.42. The second-order valence-electron chi connectivity index (χ2n) is 15.6. The van der Waals surface area contributed by atoms with E-state index in [0.717, 1.165) is 49.7 Å². The molecule has 0 amide bonds. The lowest BCUT2D eigenvalue weighted by Crippen LogP contribution is -2.25. The second-order valence-corrected chi connectivity index (χ2v) is 18.3. The van der Waals surface area contributed by atoms with Crippen LogP contribution in [0.4, 0.5) is 0 Å². The van der Waals surface area contributed by atoms with E-state index in [1.165, 1.54) is 5.57 Å². The molecule has 3 unspecified atom stereocenters. The molecule has 54 heavy (non-hydrogen) atoms. The molecular formula is C47H68O5S2. The number of carbonyl (C=O) groups is 5. The molecule has 0 saturated heterocycles. The Hall–Kier alpha value is -2.77. The normalized spacial score (nSPS) is 17.3. The maximum atomic E-state index is 14.0. The Morgan fingerprint density at radius 3 is 2.07 bits per heavy atom. The SMILES string of the molecule is C/C=C\C=C(/C)C[C@H](CC(=O)C(C)CSS[C@@H](CCC(=O)C(C)[C@@H](C1=CCCC=C1)c1ccccc1)CC(C)C(=O)C[C@@H](CCCCC)C(C)=O)C(C)=O. The zero-order valence-electron chi connectivity index (χ0n) is 34.4. The summed E-state index contributed by atoms with van der Waals surface area (Å²) in [5.74, 6) is -0.142. The van der Waals surface area contributed by atoms with Gasteiger partial charge in [0, 0.05) is 65.8 Å². The van der Waals surface area contributed by atoms with Crippen molar-refractivity contribution < 1.29 is 24.0 Å². The van der Waals surface area contributed by atoms with E-state index in [-0.39, 0.29) is 82.5 Å². The predicted molar refractivity (Wildman–Crippen MR) is 231 cm³/mol. The van der Waals surface area contributed by atoms with Gasteiger partial charge in [-0.2, -0.15) is 0 Å². The number of hydrogen-bond acceptors (Lipinski definition) is 7. The summed E-state index contributed by atoms with van der Waals surface area (Å²) in [6.45, 7) is 15.2. The molecule has 1 aromatic carbocycles. The smallest absolute Gasteiger partial charge is 0.137 e. The fraction of sp³-hybridized carbons (Fsp3) is 0.596. The van der Waals surface area contributed by atoms with Crippen LogP contribution in [0, 0.1) is 29.6 Å². The van der Waals surface area contributed by atoms with Crippen LogP contribution in [0.3, 0.4) is 0 Å². The van der Waals surface area contributed by atoms with E-state index in [9.17, 15) is 24.0 Å². The van der Waals surface area contributed by atoms with Gasteiger partial charge in [0.15, 0.2) is 0 Å². The summed E-state index contributed by atoms with van der Waals surface area (Å²) >= 11 is 0. The third-order valence-corrected chi connectivity index (χ3v) is 13.9. The minimum Gasteiger partial charge on any atom is -0.300 e. The lowest BCUT2D eigenvalue weighted by molar-refractivity contribution is -0.129. The van der Waals surface area contributed by atoms with Gasteiger partial charge < -0.3 is 0 Å².